The average molecular weight is 305 g/mol. The highest BCUT2D eigenvalue weighted by Gasteiger charge is 2.38. The number of carboxylic acids is 1. The van der Waals surface area contributed by atoms with E-state index < -0.39 is 11.5 Å². The van der Waals surface area contributed by atoms with Crippen LogP contribution in [0.15, 0.2) is 24.3 Å². The predicted octanol–water partition coefficient (Wildman–Crippen LogP) is 2.07. The molecule has 1 amide bonds. The quantitative estimate of drug-likeness (QED) is 0.808. The molecule has 1 aliphatic rings. The number of benzene rings is 1. The van der Waals surface area contributed by atoms with Gasteiger partial charge in [-0.15, -0.1) is 0 Å². The number of rotatable bonds is 7. The SMILES string of the molecule is Cc1ccc(CCCC(=O)NC2(CC(=O)O)CCOC2)cc1. The van der Waals surface area contributed by atoms with Gasteiger partial charge in [0.15, 0.2) is 0 Å². The maximum atomic E-state index is 12.1. The smallest absolute Gasteiger partial charge is 0.305 e. The summed E-state index contributed by atoms with van der Waals surface area (Å²) in [6.45, 7) is 2.82. The predicted molar refractivity (Wildman–Crippen MR) is 82.7 cm³/mol. The van der Waals surface area contributed by atoms with E-state index in [9.17, 15) is 9.59 Å². The van der Waals surface area contributed by atoms with Gasteiger partial charge >= 0.3 is 5.97 Å². The van der Waals surface area contributed by atoms with Crippen molar-refractivity contribution in [2.24, 2.45) is 0 Å². The molecule has 0 aliphatic carbocycles. The summed E-state index contributed by atoms with van der Waals surface area (Å²) >= 11 is 0. The van der Waals surface area contributed by atoms with Gasteiger partial charge in [0, 0.05) is 13.0 Å². The summed E-state index contributed by atoms with van der Waals surface area (Å²) in [6.07, 6.45) is 2.46. The highest BCUT2D eigenvalue weighted by Crippen LogP contribution is 2.23. The Morgan fingerprint density at radius 1 is 1.32 bits per heavy atom. The first-order valence-electron chi connectivity index (χ1n) is 7.65. The second-order valence-corrected chi connectivity index (χ2v) is 6.04. The Morgan fingerprint density at radius 2 is 2.05 bits per heavy atom. The molecule has 1 aromatic rings. The van der Waals surface area contributed by atoms with Crippen LogP contribution in [0.5, 0.6) is 0 Å². The minimum absolute atomic E-state index is 0.0866. The van der Waals surface area contributed by atoms with Crippen molar-refractivity contribution in [1.29, 1.82) is 0 Å². The third kappa shape index (κ3) is 4.84. The van der Waals surface area contributed by atoms with Crippen LogP contribution in [0.4, 0.5) is 0 Å². The number of hydrogen-bond acceptors (Lipinski definition) is 3. The van der Waals surface area contributed by atoms with Crippen LogP contribution in [-0.2, 0) is 20.7 Å². The van der Waals surface area contributed by atoms with Gasteiger partial charge in [-0.05, 0) is 31.7 Å². The summed E-state index contributed by atoms with van der Waals surface area (Å²) < 4.78 is 5.27. The molecule has 1 aliphatic heterocycles. The van der Waals surface area contributed by atoms with Crippen LogP contribution in [0, 0.1) is 6.92 Å². The Hall–Kier alpha value is -1.88. The fourth-order valence-electron chi connectivity index (χ4n) is 2.74. The Kier molecular flexibility index (Phi) is 5.55. The van der Waals surface area contributed by atoms with Gasteiger partial charge in [0.25, 0.3) is 0 Å². The summed E-state index contributed by atoms with van der Waals surface area (Å²) in [7, 11) is 0. The molecule has 5 heteroatoms. The molecule has 0 saturated carbocycles. The normalized spacial score (nSPS) is 20.8. The summed E-state index contributed by atoms with van der Waals surface area (Å²) in [5.41, 5.74) is 1.70. The topological polar surface area (TPSA) is 75.6 Å². The third-order valence-electron chi connectivity index (χ3n) is 3.99. The monoisotopic (exact) mass is 305 g/mol. The Bertz CT molecular complexity index is 518. The molecule has 1 heterocycles. The summed E-state index contributed by atoms with van der Waals surface area (Å²) in [6, 6.07) is 8.27. The van der Waals surface area contributed by atoms with E-state index in [0.29, 0.717) is 19.4 Å². The lowest BCUT2D eigenvalue weighted by atomic mass is 9.94. The van der Waals surface area contributed by atoms with E-state index in [4.69, 9.17) is 9.84 Å². The molecule has 5 nitrogen and oxygen atoms in total. The van der Waals surface area contributed by atoms with Gasteiger partial charge in [-0.25, -0.2) is 0 Å². The summed E-state index contributed by atoms with van der Waals surface area (Å²) in [5.74, 6) is -1.01. The second-order valence-electron chi connectivity index (χ2n) is 6.04. The molecule has 1 fully saturated rings. The highest BCUT2D eigenvalue weighted by atomic mass is 16.5. The number of carboxylic acid groups (broad SMARTS) is 1. The second kappa shape index (κ2) is 7.40. The zero-order valence-electron chi connectivity index (χ0n) is 12.9. The van der Waals surface area contributed by atoms with Gasteiger partial charge in [0.2, 0.25) is 5.91 Å². The van der Waals surface area contributed by atoms with Crippen LogP contribution < -0.4 is 5.32 Å². The number of aryl methyl sites for hydroxylation is 2. The number of ether oxygens (including phenoxy) is 1. The molecule has 0 bridgehead atoms. The fourth-order valence-corrected chi connectivity index (χ4v) is 2.74. The number of nitrogens with one attached hydrogen (secondary N) is 1. The fraction of sp³-hybridized carbons (Fsp3) is 0.529. The molecule has 1 aromatic carbocycles. The molecule has 1 saturated heterocycles. The lowest BCUT2D eigenvalue weighted by molar-refractivity contribution is -0.139. The first kappa shape index (κ1) is 16.5. The zero-order chi connectivity index (χ0) is 16.0. The summed E-state index contributed by atoms with van der Waals surface area (Å²) in [4.78, 5) is 23.0. The molecule has 0 spiro atoms. The minimum atomic E-state index is -0.912. The third-order valence-corrected chi connectivity index (χ3v) is 3.99. The van der Waals surface area contributed by atoms with Crippen LogP contribution in [0.25, 0.3) is 0 Å². The molecule has 0 radical (unpaired) electrons. The molecule has 22 heavy (non-hydrogen) atoms. The maximum absolute atomic E-state index is 12.1. The van der Waals surface area contributed by atoms with Crippen molar-refractivity contribution in [3.63, 3.8) is 0 Å². The van der Waals surface area contributed by atoms with Crippen LogP contribution in [0.1, 0.15) is 36.8 Å². The van der Waals surface area contributed by atoms with Crippen molar-refractivity contribution in [2.45, 2.75) is 44.6 Å². The summed E-state index contributed by atoms with van der Waals surface area (Å²) in [5, 5.41) is 11.9. The molecule has 1 atom stereocenters. The number of carbonyl (C=O) groups is 2. The molecule has 2 N–H and O–H groups in total. The van der Waals surface area contributed by atoms with E-state index in [-0.39, 0.29) is 18.9 Å². The lowest BCUT2D eigenvalue weighted by Gasteiger charge is -2.27. The van der Waals surface area contributed by atoms with Crippen LogP contribution in [0.3, 0.4) is 0 Å². The maximum Gasteiger partial charge on any atom is 0.305 e. The van der Waals surface area contributed by atoms with E-state index >= 15 is 0 Å². The number of carbonyl (C=O) groups excluding carboxylic acids is 1. The Labute approximate surface area is 130 Å². The van der Waals surface area contributed by atoms with Crippen LogP contribution in [-0.4, -0.2) is 35.7 Å². The van der Waals surface area contributed by atoms with Gasteiger partial charge in [0.1, 0.15) is 0 Å². The van der Waals surface area contributed by atoms with Gasteiger partial charge < -0.3 is 15.2 Å². The zero-order valence-corrected chi connectivity index (χ0v) is 12.9. The van der Waals surface area contributed by atoms with Crippen molar-refractivity contribution < 1.29 is 19.4 Å². The lowest BCUT2D eigenvalue weighted by Crippen LogP contribution is -2.50. The van der Waals surface area contributed by atoms with Crippen LogP contribution >= 0.6 is 0 Å². The number of amides is 1. The van der Waals surface area contributed by atoms with E-state index in [1.165, 1.54) is 11.1 Å². The van der Waals surface area contributed by atoms with E-state index in [0.717, 1.165) is 12.8 Å². The first-order valence-corrected chi connectivity index (χ1v) is 7.65. The van der Waals surface area contributed by atoms with Gasteiger partial charge in [0.05, 0.1) is 18.6 Å². The van der Waals surface area contributed by atoms with Gasteiger partial charge in [-0.3, -0.25) is 9.59 Å². The van der Waals surface area contributed by atoms with Crippen molar-refractivity contribution >= 4 is 11.9 Å². The largest absolute Gasteiger partial charge is 0.481 e. The molecular formula is C17H23NO4. The molecule has 2 rings (SSSR count). The molecule has 0 aromatic heterocycles. The van der Waals surface area contributed by atoms with E-state index in [1.54, 1.807) is 0 Å². The molecular weight excluding hydrogens is 282 g/mol. The van der Waals surface area contributed by atoms with E-state index in [2.05, 4.69) is 29.6 Å². The van der Waals surface area contributed by atoms with Crippen molar-refractivity contribution in [2.75, 3.05) is 13.2 Å². The number of aliphatic carboxylic acids is 1. The molecule has 120 valence electrons. The Morgan fingerprint density at radius 3 is 2.64 bits per heavy atom. The van der Waals surface area contributed by atoms with Gasteiger partial charge in [-0.1, -0.05) is 29.8 Å². The van der Waals surface area contributed by atoms with Crippen LogP contribution in [0.2, 0.25) is 0 Å². The van der Waals surface area contributed by atoms with Crippen molar-refractivity contribution in [3.05, 3.63) is 35.4 Å². The average Bonchev–Trinajstić information content (AvgIpc) is 2.88. The number of hydrogen-bond donors (Lipinski definition) is 2. The highest BCUT2D eigenvalue weighted by molar-refractivity contribution is 5.78. The van der Waals surface area contributed by atoms with Crippen molar-refractivity contribution in [1.82, 2.24) is 5.32 Å². The standard InChI is InChI=1S/C17H23NO4/c1-13-5-7-14(8-6-13)3-2-4-15(19)18-17(11-16(20)21)9-10-22-12-17/h5-8H,2-4,9-12H2,1H3,(H,18,19)(H,20,21). The first-order chi connectivity index (χ1) is 10.5. The van der Waals surface area contributed by atoms with E-state index in [1.807, 2.05) is 6.92 Å². The Balaban J connectivity index is 1.79. The van der Waals surface area contributed by atoms with Crippen molar-refractivity contribution in [3.8, 4) is 0 Å². The minimum Gasteiger partial charge on any atom is -0.481 e. The molecule has 1 unspecified atom stereocenters. The van der Waals surface area contributed by atoms with Gasteiger partial charge in [-0.2, -0.15) is 0 Å².